The molecule has 0 saturated carbocycles. The fraction of sp³-hybridized carbons (Fsp3) is 0.316. The molecule has 2 aromatic rings. The summed E-state index contributed by atoms with van der Waals surface area (Å²) in [6.45, 7) is 6.47. The van der Waals surface area contributed by atoms with Crippen molar-refractivity contribution < 1.29 is 14.7 Å². The number of aromatic carboxylic acids is 1. The van der Waals surface area contributed by atoms with Gasteiger partial charge in [0.1, 0.15) is 0 Å². The van der Waals surface area contributed by atoms with Gasteiger partial charge in [-0.2, -0.15) is 0 Å². The number of carboxylic acid groups (broad SMARTS) is 1. The Bertz CT molecular complexity index is 714. The van der Waals surface area contributed by atoms with Crippen molar-refractivity contribution in [2.24, 2.45) is 5.92 Å². The zero-order valence-corrected chi connectivity index (χ0v) is 14.1. The molecule has 0 saturated heterocycles. The molecule has 1 aromatic heterocycles. The molecule has 0 aliphatic heterocycles. The van der Waals surface area contributed by atoms with Gasteiger partial charge in [-0.25, -0.2) is 4.79 Å². The summed E-state index contributed by atoms with van der Waals surface area (Å²) in [7, 11) is 0. The molecule has 0 fully saturated rings. The second kappa shape index (κ2) is 7.73. The van der Waals surface area contributed by atoms with Crippen LogP contribution < -0.4 is 0 Å². The smallest absolute Gasteiger partial charge is 0.335 e. The van der Waals surface area contributed by atoms with E-state index in [2.05, 4.69) is 18.8 Å². The first-order valence-electron chi connectivity index (χ1n) is 7.93. The van der Waals surface area contributed by atoms with Gasteiger partial charge in [0, 0.05) is 25.0 Å². The van der Waals surface area contributed by atoms with Crippen molar-refractivity contribution in [3.63, 3.8) is 0 Å². The van der Waals surface area contributed by atoms with Crippen LogP contribution in [-0.4, -0.2) is 32.9 Å². The van der Waals surface area contributed by atoms with Gasteiger partial charge in [-0.3, -0.25) is 9.78 Å². The minimum Gasteiger partial charge on any atom is -0.478 e. The first kappa shape index (κ1) is 17.7. The molecule has 5 heteroatoms. The van der Waals surface area contributed by atoms with Crippen molar-refractivity contribution in [1.82, 2.24) is 9.88 Å². The SMILES string of the molecule is CC(C)C(C)N(Cc1cccc(C(=O)O)c1)C(=O)c1cccnc1. The first-order chi connectivity index (χ1) is 11.4. The van der Waals surface area contributed by atoms with Crippen LogP contribution in [0.25, 0.3) is 0 Å². The van der Waals surface area contributed by atoms with E-state index in [0.717, 1.165) is 5.56 Å². The summed E-state index contributed by atoms with van der Waals surface area (Å²) in [5.74, 6) is -0.808. The Labute approximate surface area is 142 Å². The van der Waals surface area contributed by atoms with E-state index in [1.165, 1.54) is 0 Å². The first-order valence-corrected chi connectivity index (χ1v) is 7.93. The van der Waals surface area contributed by atoms with Crippen molar-refractivity contribution in [2.75, 3.05) is 0 Å². The number of carbonyl (C=O) groups is 2. The fourth-order valence-corrected chi connectivity index (χ4v) is 2.42. The van der Waals surface area contributed by atoms with Crippen LogP contribution in [0.3, 0.4) is 0 Å². The molecule has 1 heterocycles. The van der Waals surface area contributed by atoms with Crippen LogP contribution >= 0.6 is 0 Å². The largest absolute Gasteiger partial charge is 0.478 e. The molecule has 1 unspecified atom stereocenters. The van der Waals surface area contributed by atoms with Crippen molar-refractivity contribution >= 4 is 11.9 Å². The summed E-state index contributed by atoms with van der Waals surface area (Å²) in [6.07, 6.45) is 3.18. The lowest BCUT2D eigenvalue weighted by atomic mass is 10.0. The molecule has 0 spiro atoms. The second-order valence-corrected chi connectivity index (χ2v) is 6.16. The maximum absolute atomic E-state index is 12.9. The minimum absolute atomic E-state index is 0.00573. The Kier molecular flexibility index (Phi) is 5.68. The highest BCUT2D eigenvalue weighted by Gasteiger charge is 2.24. The van der Waals surface area contributed by atoms with Gasteiger partial charge in [-0.15, -0.1) is 0 Å². The predicted molar refractivity (Wildman–Crippen MR) is 91.8 cm³/mol. The molecule has 126 valence electrons. The number of hydrogen-bond acceptors (Lipinski definition) is 3. The van der Waals surface area contributed by atoms with Crippen molar-refractivity contribution in [3.8, 4) is 0 Å². The van der Waals surface area contributed by atoms with Crippen LogP contribution in [0.5, 0.6) is 0 Å². The van der Waals surface area contributed by atoms with Crippen LogP contribution in [0.15, 0.2) is 48.8 Å². The highest BCUT2D eigenvalue weighted by atomic mass is 16.4. The molecule has 0 aliphatic rings. The zero-order chi connectivity index (χ0) is 17.7. The average Bonchev–Trinajstić information content (AvgIpc) is 2.59. The third-order valence-electron chi connectivity index (χ3n) is 4.15. The maximum Gasteiger partial charge on any atom is 0.335 e. The van der Waals surface area contributed by atoms with Crippen LogP contribution in [0.4, 0.5) is 0 Å². The van der Waals surface area contributed by atoms with Gasteiger partial charge in [-0.1, -0.05) is 26.0 Å². The molecule has 1 N–H and O–H groups in total. The number of benzene rings is 1. The summed E-state index contributed by atoms with van der Waals surface area (Å²) in [5.41, 5.74) is 1.54. The number of carbonyl (C=O) groups excluding carboxylic acids is 1. The molecule has 0 aliphatic carbocycles. The third kappa shape index (κ3) is 4.19. The number of pyridine rings is 1. The Morgan fingerprint density at radius 3 is 2.42 bits per heavy atom. The topological polar surface area (TPSA) is 70.5 Å². The zero-order valence-electron chi connectivity index (χ0n) is 14.1. The van der Waals surface area contributed by atoms with E-state index >= 15 is 0 Å². The van der Waals surface area contributed by atoms with Gasteiger partial charge in [-0.05, 0) is 42.7 Å². The number of hydrogen-bond donors (Lipinski definition) is 1. The molecular weight excluding hydrogens is 304 g/mol. The molecule has 1 aromatic carbocycles. The van der Waals surface area contributed by atoms with E-state index in [1.807, 2.05) is 13.0 Å². The van der Waals surface area contributed by atoms with Gasteiger partial charge in [0.25, 0.3) is 5.91 Å². The average molecular weight is 326 g/mol. The van der Waals surface area contributed by atoms with E-state index < -0.39 is 5.97 Å². The molecule has 1 amide bonds. The number of amides is 1. The van der Waals surface area contributed by atoms with Crippen LogP contribution in [0.2, 0.25) is 0 Å². The molecule has 5 nitrogen and oxygen atoms in total. The van der Waals surface area contributed by atoms with E-state index in [4.69, 9.17) is 5.11 Å². The summed E-state index contributed by atoms with van der Waals surface area (Å²) in [6, 6.07) is 10.2. The third-order valence-corrected chi connectivity index (χ3v) is 4.15. The molecular formula is C19H22N2O3. The second-order valence-electron chi connectivity index (χ2n) is 6.16. The fourth-order valence-electron chi connectivity index (χ4n) is 2.42. The number of carboxylic acids is 1. The van der Waals surface area contributed by atoms with E-state index in [-0.39, 0.29) is 23.4 Å². The maximum atomic E-state index is 12.9. The quantitative estimate of drug-likeness (QED) is 0.882. The molecule has 24 heavy (non-hydrogen) atoms. The normalized spacial score (nSPS) is 12.0. The summed E-state index contributed by atoms with van der Waals surface area (Å²) in [4.78, 5) is 29.8. The molecule has 0 bridgehead atoms. The lowest BCUT2D eigenvalue weighted by Gasteiger charge is -2.32. The minimum atomic E-state index is -0.973. The monoisotopic (exact) mass is 326 g/mol. The van der Waals surface area contributed by atoms with Crippen LogP contribution in [0, 0.1) is 5.92 Å². The Morgan fingerprint density at radius 2 is 1.83 bits per heavy atom. The van der Waals surface area contributed by atoms with E-state index in [1.54, 1.807) is 47.6 Å². The number of nitrogens with zero attached hydrogens (tertiary/aromatic N) is 2. The molecule has 1 atom stereocenters. The Balaban J connectivity index is 2.32. The van der Waals surface area contributed by atoms with E-state index in [9.17, 15) is 9.59 Å². The highest BCUT2D eigenvalue weighted by Crippen LogP contribution is 2.18. The molecule has 0 radical (unpaired) electrons. The standard InChI is InChI=1S/C19H22N2O3/c1-13(2)14(3)21(18(22)17-8-5-9-20-11-17)12-15-6-4-7-16(10-15)19(23)24/h4-11,13-14H,12H2,1-3H3,(H,23,24). The molecule has 2 rings (SSSR count). The summed E-state index contributed by atoms with van der Waals surface area (Å²) in [5, 5.41) is 9.14. The lowest BCUT2D eigenvalue weighted by molar-refractivity contribution is 0.0627. The van der Waals surface area contributed by atoms with Gasteiger partial charge in [0.15, 0.2) is 0 Å². The van der Waals surface area contributed by atoms with Crippen LogP contribution in [-0.2, 0) is 6.54 Å². The Morgan fingerprint density at radius 1 is 1.12 bits per heavy atom. The summed E-state index contributed by atoms with van der Waals surface area (Å²) < 4.78 is 0. The lowest BCUT2D eigenvalue weighted by Crippen LogP contribution is -2.41. The van der Waals surface area contributed by atoms with Gasteiger partial charge >= 0.3 is 5.97 Å². The van der Waals surface area contributed by atoms with Gasteiger partial charge in [0.2, 0.25) is 0 Å². The van der Waals surface area contributed by atoms with Crippen molar-refractivity contribution in [3.05, 3.63) is 65.5 Å². The van der Waals surface area contributed by atoms with Gasteiger partial charge in [0.05, 0.1) is 11.1 Å². The highest BCUT2D eigenvalue weighted by molar-refractivity contribution is 5.94. The predicted octanol–water partition coefficient (Wildman–Crippen LogP) is 3.47. The van der Waals surface area contributed by atoms with E-state index in [0.29, 0.717) is 12.1 Å². The number of rotatable bonds is 6. The van der Waals surface area contributed by atoms with Crippen LogP contribution in [0.1, 0.15) is 47.1 Å². The Hall–Kier alpha value is -2.69. The van der Waals surface area contributed by atoms with Crippen molar-refractivity contribution in [1.29, 1.82) is 0 Å². The number of aromatic nitrogens is 1. The van der Waals surface area contributed by atoms with Crippen molar-refractivity contribution in [2.45, 2.75) is 33.4 Å². The van der Waals surface area contributed by atoms with Gasteiger partial charge < -0.3 is 10.0 Å². The summed E-state index contributed by atoms with van der Waals surface area (Å²) >= 11 is 0.